The van der Waals surface area contributed by atoms with Crippen molar-refractivity contribution in [1.82, 2.24) is 0 Å². The van der Waals surface area contributed by atoms with Gasteiger partial charge in [-0.05, 0) is 18.6 Å². The maximum atomic E-state index is 12.5. The monoisotopic (exact) mass is 137 g/mol. The first-order chi connectivity index (χ1) is 4.22. The summed E-state index contributed by atoms with van der Waals surface area (Å²) in [6, 6.07) is 4.93. The van der Waals surface area contributed by atoms with E-state index in [-0.39, 0.29) is 5.82 Å². The van der Waals surface area contributed by atoms with E-state index in [2.05, 4.69) is 10.2 Å². The summed E-state index contributed by atoms with van der Waals surface area (Å²) in [5.41, 5.74) is 0.661. The smallest absolute Gasteiger partial charge is 0.125 e. The molecule has 0 aliphatic rings. The zero-order valence-electron chi connectivity index (χ0n) is 5.11. The van der Waals surface area contributed by atoms with Crippen LogP contribution < -0.4 is 5.19 Å². The molecule has 0 aromatic heterocycles. The molecule has 0 aliphatic carbocycles. The van der Waals surface area contributed by atoms with Crippen molar-refractivity contribution in [3.63, 3.8) is 0 Å². The molecule has 0 atom stereocenters. The molecule has 0 nitrogen and oxygen atoms in total. The molecule has 0 saturated carbocycles. The van der Waals surface area contributed by atoms with Gasteiger partial charge in [-0.15, -0.1) is 0 Å². The summed E-state index contributed by atoms with van der Waals surface area (Å²) in [4.78, 5) is 0. The lowest BCUT2D eigenvalue weighted by atomic mass is 10.2. The molecule has 0 heterocycles. The molecule has 0 aliphatic heterocycles. The maximum Gasteiger partial charge on any atom is 0.125 e. The van der Waals surface area contributed by atoms with Crippen LogP contribution in [-0.4, -0.2) is 10.2 Å². The number of hydrogen-bond donors (Lipinski definition) is 0. The highest BCUT2D eigenvalue weighted by Gasteiger charge is 1.95. The molecule has 0 N–H and O–H groups in total. The highest BCUT2D eigenvalue weighted by atomic mass is 28.1. The average Bonchev–Trinajstić information content (AvgIpc) is 1.83. The summed E-state index contributed by atoms with van der Waals surface area (Å²) in [5.74, 6) is -0.164. The molecule has 2 heteroatoms. The Morgan fingerprint density at radius 3 is 2.56 bits per heavy atom. The predicted octanol–water partition coefficient (Wildman–Crippen LogP) is 0.928. The Hall–Kier alpha value is -0.633. The molecule has 1 aromatic rings. The van der Waals surface area contributed by atoms with Gasteiger partial charge in [-0.25, -0.2) is 4.39 Å². The van der Waals surface area contributed by atoms with E-state index in [1.54, 1.807) is 13.0 Å². The van der Waals surface area contributed by atoms with E-state index in [4.69, 9.17) is 0 Å². The van der Waals surface area contributed by atoms with E-state index in [9.17, 15) is 4.39 Å². The molecular weight excluding hydrogens is 131 g/mol. The van der Waals surface area contributed by atoms with Crippen LogP contribution in [0.4, 0.5) is 4.39 Å². The number of hydrogen-bond acceptors (Lipinski definition) is 0. The third-order valence-corrected chi connectivity index (χ3v) is 1.81. The molecule has 0 bridgehead atoms. The van der Waals surface area contributed by atoms with Crippen LogP contribution in [0.25, 0.3) is 0 Å². The van der Waals surface area contributed by atoms with Crippen LogP contribution in [0, 0.1) is 12.7 Å². The molecular formula is C7H6FSi. The Kier molecular flexibility index (Phi) is 1.67. The van der Waals surface area contributed by atoms with Gasteiger partial charge in [0.2, 0.25) is 0 Å². The Labute approximate surface area is 57.1 Å². The Morgan fingerprint density at radius 1 is 1.44 bits per heavy atom. The van der Waals surface area contributed by atoms with Crippen molar-refractivity contribution in [3.05, 3.63) is 29.6 Å². The lowest BCUT2D eigenvalue weighted by Crippen LogP contribution is -2.07. The summed E-state index contributed by atoms with van der Waals surface area (Å²) in [5, 5.41) is 0.815. The first-order valence-corrected chi connectivity index (χ1v) is 3.18. The second-order valence-electron chi connectivity index (χ2n) is 1.91. The largest absolute Gasteiger partial charge is 0.207 e. The normalized spacial score (nSPS) is 9.67. The van der Waals surface area contributed by atoms with Crippen molar-refractivity contribution in [2.75, 3.05) is 0 Å². The molecule has 0 unspecified atom stereocenters. The number of rotatable bonds is 0. The fraction of sp³-hybridized carbons (Fsp3) is 0.143. The topological polar surface area (TPSA) is 0 Å². The minimum atomic E-state index is -0.164. The lowest BCUT2D eigenvalue weighted by molar-refractivity contribution is 0.620. The third-order valence-electron chi connectivity index (χ3n) is 1.27. The maximum absolute atomic E-state index is 12.5. The van der Waals surface area contributed by atoms with Gasteiger partial charge in [0, 0.05) is 0 Å². The molecule has 0 spiro atoms. The fourth-order valence-corrected chi connectivity index (χ4v) is 0.823. The summed E-state index contributed by atoms with van der Waals surface area (Å²) < 4.78 is 12.5. The molecule has 0 saturated heterocycles. The van der Waals surface area contributed by atoms with Crippen LogP contribution >= 0.6 is 0 Å². The van der Waals surface area contributed by atoms with Crippen molar-refractivity contribution < 1.29 is 4.39 Å². The molecule has 9 heavy (non-hydrogen) atoms. The second kappa shape index (κ2) is 2.31. The average molecular weight is 137 g/mol. The van der Waals surface area contributed by atoms with Gasteiger partial charge < -0.3 is 0 Å². The minimum Gasteiger partial charge on any atom is -0.207 e. The van der Waals surface area contributed by atoms with E-state index in [0.29, 0.717) is 5.56 Å². The molecule has 1 rings (SSSR count). The van der Waals surface area contributed by atoms with Crippen LogP contribution in [0.3, 0.4) is 0 Å². The molecule has 0 amide bonds. The molecule has 0 fully saturated rings. The van der Waals surface area contributed by atoms with Crippen LogP contribution in [-0.2, 0) is 0 Å². The van der Waals surface area contributed by atoms with Gasteiger partial charge in [0.05, 0.1) is 10.2 Å². The van der Waals surface area contributed by atoms with Crippen molar-refractivity contribution in [2.45, 2.75) is 6.92 Å². The summed E-state index contributed by atoms with van der Waals surface area (Å²) in [6.07, 6.45) is 0. The minimum absolute atomic E-state index is 0.164. The van der Waals surface area contributed by atoms with Crippen LogP contribution in [0.1, 0.15) is 5.56 Å². The summed E-state index contributed by atoms with van der Waals surface area (Å²) >= 11 is 0. The first kappa shape index (κ1) is 6.49. The lowest BCUT2D eigenvalue weighted by Gasteiger charge is -1.97. The SMILES string of the molecule is Cc1c(F)cccc1[Si]. The molecule has 1 aromatic carbocycles. The fourth-order valence-electron chi connectivity index (χ4n) is 0.607. The highest BCUT2D eigenvalue weighted by molar-refractivity contribution is 6.33. The zero-order chi connectivity index (χ0) is 6.85. The Bertz CT molecular complexity index is 200. The van der Waals surface area contributed by atoms with E-state index < -0.39 is 0 Å². The second-order valence-corrected chi connectivity index (χ2v) is 2.45. The van der Waals surface area contributed by atoms with Crippen molar-refractivity contribution in [1.29, 1.82) is 0 Å². The summed E-state index contributed by atoms with van der Waals surface area (Å²) in [6.45, 7) is 1.73. The van der Waals surface area contributed by atoms with E-state index in [1.807, 2.05) is 6.07 Å². The predicted molar refractivity (Wildman–Crippen MR) is 36.5 cm³/mol. The standard InChI is InChI=1S/C7H6FSi/c1-5-6(8)3-2-4-7(5)9/h2-4H,1H3. The van der Waals surface area contributed by atoms with Crippen molar-refractivity contribution >= 4 is 15.4 Å². The Balaban J connectivity index is 3.25. The molecule has 45 valence electrons. The zero-order valence-corrected chi connectivity index (χ0v) is 6.11. The van der Waals surface area contributed by atoms with Gasteiger partial charge in [0.25, 0.3) is 0 Å². The van der Waals surface area contributed by atoms with Gasteiger partial charge in [-0.2, -0.15) is 0 Å². The van der Waals surface area contributed by atoms with Crippen LogP contribution in [0.5, 0.6) is 0 Å². The van der Waals surface area contributed by atoms with Gasteiger partial charge in [-0.3, -0.25) is 0 Å². The highest BCUT2D eigenvalue weighted by Crippen LogP contribution is 1.99. The van der Waals surface area contributed by atoms with E-state index in [0.717, 1.165) is 5.19 Å². The van der Waals surface area contributed by atoms with Gasteiger partial charge in [0.15, 0.2) is 0 Å². The van der Waals surface area contributed by atoms with Crippen LogP contribution in [0.15, 0.2) is 18.2 Å². The quantitative estimate of drug-likeness (QED) is 0.467. The van der Waals surface area contributed by atoms with Gasteiger partial charge >= 0.3 is 0 Å². The van der Waals surface area contributed by atoms with Crippen LogP contribution in [0.2, 0.25) is 0 Å². The number of benzene rings is 1. The third kappa shape index (κ3) is 1.19. The van der Waals surface area contributed by atoms with Gasteiger partial charge in [0.1, 0.15) is 5.82 Å². The van der Waals surface area contributed by atoms with E-state index >= 15 is 0 Å². The molecule has 3 radical (unpaired) electrons. The summed E-state index contributed by atoms with van der Waals surface area (Å²) in [7, 11) is 3.25. The van der Waals surface area contributed by atoms with Gasteiger partial charge in [-0.1, -0.05) is 17.3 Å². The van der Waals surface area contributed by atoms with Crippen molar-refractivity contribution in [3.8, 4) is 0 Å². The first-order valence-electron chi connectivity index (χ1n) is 2.68. The Morgan fingerprint density at radius 2 is 2.11 bits per heavy atom. The van der Waals surface area contributed by atoms with Crippen molar-refractivity contribution in [2.24, 2.45) is 0 Å². The number of halogens is 1. The van der Waals surface area contributed by atoms with E-state index in [1.165, 1.54) is 6.07 Å².